The van der Waals surface area contributed by atoms with Crippen molar-refractivity contribution in [3.05, 3.63) is 47.9 Å². The van der Waals surface area contributed by atoms with Crippen LogP contribution in [0, 0.1) is 11.7 Å². The van der Waals surface area contributed by atoms with Gasteiger partial charge < -0.3 is 15.0 Å². The van der Waals surface area contributed by atoms with Crippen LogP contribution in [0.5, 0.6) is 11.6 Å². The first kappa shape index (κ1) is 23.5. The van der Waals surface area contributed by atoms with Gasteiger partial charge in [0.15, 0.2) is 0 Å². The van der Waals surface area contributed by atoms with Crippen LogP contribution in [-0.2, 0) is 4.79 Å². The Morgan fingerprint density at radius 3 is 2.61 bits per heavy atom. The van der Waals surface area contributed by atoms with E-state index >= 15 is 0 Å². The number of hydrogen-bond donors (Lipinski definition) is 1. The molecule has 1 aliphatic heterocycles. The first-order chi connectivity index (χ1) is 16.0. The van der Waals surface area contributed by atoms with Gasteiger partial charge in [0.05, 0.1) is 6.20 Å². The molecule has 1 saturated heterocycles. The Labute approximate surface area is 198 Å². The standard InChI is InChI=1S/C25H30FN3O3S/c1-33-21-9-5-8-20(15-21)32-24-22(14-18(26)16-27-24)23(30)28-19-10-12-29(13-11-19)25(31)17-6-3-2-4-7-17/h5,8-9,14-17,19H,2-4,6-7,10-13H2,1H3,(H,28,30). The second-order valence-electron chi connectivity index (χ2n) is 8.70. The van der Waals surface area contributed by atoms with Crippen LogP contribution in [0.4, 0.5) is 4.39 Å². The molecule has 0 radical (unpaired) electrons. The summed E-state index contributed by atoms with van der Waals surface area (Å²) in [6.07, 6.45) is 9.84. The van der Waals surface area contributed by atoms with Gasteiger partial charge in [-0.15, -0.1) is 11.8 Å². The molecule has 4 rings (SSSR count). The molecule has 2 aromatic rings. The molecule has 6 nitrogen and oxygen atoms in total. The van der Waals surface area contributed by atoms with E-state index < -0.39 is 11.7 Å². The minimum Gasteiger partial charge on any atom is -0.438 e. The monoisotopic (exact) mass is 471 g/mol. The molecule has 0 atom stereocenters. The summed E-state index contributed by atoms with van der Waals surface area (Å²) in [6, 6.07) is 8.49. The van der Waals surface area contributed by atoms with Gasteiger partial charge in [0, 0.05) is 29.9 Å². The summed E-state index contributed by atoms with van der Waals surface area (Å²) < 4.78 is 19.7. The summed E-state index contributed by atoms with van der Waals surface area (Å²) in [6.45, 7) is 1.26. The summed E-state index contributed by atoms with van der Waals surface area (Å²) in [5, 5.41) is 2.98. The van der Waals surface area contributed by atoms with Gasteiger partial charge in [-0.2, -0.15) is 0 Å². The topological polar surface area (TPSA) is 71.5 Å². The summed E-state index contributed by atoms with van der Waals surface area (Å²) >= 11 is 1.57. The predicted octanol–water partition coefficient (Wildman–Crippen LogP) is 5.04. The number of thioether (sulfide) groups is 1. The van der Waals surface area contributed by atoms with Crippen LogP contribution in [0.2, 0.25) is 0 Å². The van der Waals surface area contributed by atoms with Crippen LogP contribution >= 0.6 is 11.8 Å². The van der Waals surface area contributed by atoms with Gasteiger partial charge in [0.25, 0.3) is 5.91 Å². The molecule has 8 heteroatoms. The number of nitrogens with zero attached hydrogens (tertiary/aromatic N) is 2. The lowest BCUT2D eigenvalue weighted by Crippen LogP contribution is -2.48. The first-order valence-electron chi connectivity index (χ1n) is 11.6. The van der Waals surface area contributed by atoms with E-state index in [0.717, 1.165) is 42.8 Å². The molecule has 1 aromatic carbocycles. The van der Waals surface area contributed by atoms with E-state index in [1.807, 2.05) is 29.4 Å². The van der Waals surface area contributed by atoms with Crippen molar-refractivity contribution >= 4 is 23.6 Å². The number of piperidine rings is 1. The number of ether oxygens (including phenoxy) is 1. The predicted molar refractivity (Wildman–Crippen MR) is 126 cm³/mol. The molecule has 2 aliphatic rings. The second-order valence-corrected chi connectivity index (χ2v) is 9.57. The molecule has 2 heterocycles. The Kier molecular flexibility index (Phi) is 7.85. The molecule has 1 aromatic heterocycles. The molecule has 1 aliphatic carbocycles. The maximum atomic E-state index is 13.9. The number of pyridine rings is 1. The van der Waals surface area contributed by atoms with Crippen molar-refractivity contribution in [1.29, 1.82) is 0 Å². The minimum absolute atomic E-state index is 0.0604. The third-order valence-corrected chi connectivity index (χ3v) is 7.14. The second kappa shape index (κ2) is 11.0. The van der Waals surface area contributed by atoms with Gasteiger partial charge in [0.2, 0.25) is 11.8 Å². The fourth-order valence-corrected chi connectivity index (χ4v) is 5.01. The average molecular weight is 472 g/mol. The van der Waals surface area contributed by atoms with Gasteiger partial charge in [0.1, 0.15) is 17.1 Å². The fraction of sp³-hybridized carbons (Fsp3) is 0.480. The SMILES string of the molecule is CSc1cccc(Oc2ncc(F)cc2C(=O)NC2CCN(C(=O)C3CCCCC3)CC2)c1. The molecule has 33 heavy (non-hydrogen) atoms. The molecule has 1 saturated carbocycles. The van der Waals surface area contributed by atoms with Crippen molar-refractivity contribution in [3.63, 3.8) is 0 Å². The highest BCUT2D eigenvalue weighted by Gasteiger charge is 2.30. The molecule has 2 fully saturated rings. The summed E-state index contributed by atoms with van der Waals surface area (Å²) in [5.74, 6) is -0.000472. The zero-order valence-corrected chi connectivity index (χ0v) is 19.7. The van der Waals surface area contributed by atoms with Crippen molar-refractivity contribution < 1.29 is 18.7 Å². The third-order valence-electron chi connectivity index (χ3n) is 6.41. The van der Waals surface area contributed by atoms with Crippen molar-refractivity contribution in [3.8, 4) is 11.6 Å². The normalized spacial score (nSPS) is 17.6. The number of carbonyl (C=O) groups is 2. The van der Waals surface area contributed by atoms with E-state index in [1.54, 1.807) is 17.8 Å². The zero-order chi connectivity index (χ0) is 23.2. The van der Waals surface area contributed by atoms with E-state index in [1.165, 1.54) is 6.42 Å². The van der Waals surface area contributed by atoms with Crippen LogP contribution in [0.1, 0.15) is 55.3 Å². The van der Waals surface area contributed by atoms with E-state index in [-0.39, 0.29) is 29.3 Å². The molecule has 0 unspecified atom stereocenters. The highest BCUT2D eigenvalue weighted by atomic mass is 32.2. The molecule has 0 bridgehead atoms. The Hall–Kier alpha value is -2.61. The lowest BCUT2D eigenvalue weighted by molar-refractivity contribution is -0.137. The Morgan fingerprint density at radius 1 is 1.12 bits per heavy atom. The first-order valence-corrected chi connectivity index (χ1v) is 12.8. The number of rotatable bonds is 6. The molecular weight excluding hydrogens is 441 g/mol. The van der Waals surface area contributed by atoms with Gasteiger partial charge in [-0.1, -0.05) is 25.3 Å². The van der Waals surface area contributed by atoms with Crippen LogP contribution < -0.4 is 10.1 Å². The number of benzene rings is 1. The lowest BCUT2D eigenvalue weighted by atomic mass is 9.87. The van der Waals surface area contributed by atoms with Crippen LogP contribution in [0.25, 0.3) is 0 Å². The van der Waals surface area contributed by atoms with Gasteiger partial charge in [-0.25, -0.2) is 9.37 Å². The van der Waals surface area contributed by atoms with Crippen LogP contribution in [-0.4, -0.2) is 47.1 Å². The van der Waals surface area contributed by atoms with Crippen molar-refractivity contribution in [2.45, 2.75) is 55.9 Å². The number of nitrogens with one attached hydrogen (secondary N) is 1. The number of likely N-dealkylation sites (tertiary alicyclic amines) is 1. The maximum Gasteiger partial charge on any atom is 0.257 e. The number of hydrogen-bond acceptors (Lipinski definition) is 5. The largest absolute Gasteiger partial charge is 0.438 e. The Balaban J connectivity index is 1.37. The molecule has 0 spiro atoms. The van der Waals surface area contributed by atoms with Crippen molar-refractivity contribution in [1.82, 2.24) is 15.2 Å². The van der Waals surface area contributed by atoms with Crippen LogP contribution in [0.3, 0.4) is 0 Å². The molecular formula is C25H30FN3O3S. The van der Waals surface area contributed by atoms with E-state index in [4.69, 9.17) is 4.74 Å². The fourth-order valence-electron chi connectivity index (χ4n) is 4.56. The maximum absolute atomic E-state index is 13.9. The minimum atomic E-state index is -0.599. The molecule has 1 N–H and O–H groups in total. The highest BCUT2D eigenvalue weighted by Crippen LogP contribution is 2.28. The van der Waals surface area contributed by atoms with E-state index in [0.29, 0.717) is 31.7 Å². The lowest BCUT2D eigenvalue weighted by Gasteiger charge is -2.35. The van der Waals surface area contributed by atoms with Crippen molar-refractivity contribution in [2.24, 2.45) is 5.92 Å². The van der Waals surface area contributed by atoms with Crippen molar-refractivity contribution in [2.75, 3.05) is 19.3 Å². The summed E-state index contributed by atoms with van der Waals surface area (Å²) in [5.41, 5.74) is 0.0604. The van der Waals surface area contributed by atoms with E-state index in [2.05, 4.69) is 10.3 Å². The average Bonchev–Trinajstić information content (AvgIpc) is 2.85. The number of amides is 2. The summed E-state index contributed by atoms with van der Waals surface area (Å²) in [7, 11) is 0. The number of carbonyl (C=O) groups excluding carboxylic acids is 2. The molecule has 176 valence electrons. The van der Waals surface area contributed by atoms with E-state index in [9.17, 15) is 14.0 Å². The van der Waals surface area contributed by atoms with Gasteiger partial charge >= 0.3 is 0 Å². The molecule has 2 amide bonds. The quantitative estimate of drug-likeness (QED) is 0.598. The zero-order valence-electron chi connectivity index (χ0n) is 18.9. The van der Waals surface area contributed by atoms with Gasteiger partial charge in [-0.05, 0) is 56.2 Å². The van der Waals surface area contributed by atoms with Gasteiger partial charge in [-0.3, -0.25) is 9.59 Å². The number of halogens is 1. The Morgan fingerprint density at radius 2 is 1.88 bits per heavy atom. The smallest absolute Gasteiger partial charge is 0.257 e. The van der Waals surface area contributed by atoms with Crippen LogP contribution in [0.15, 0.2) is 41.4 Å². The highest BCUT2D eigenvalue weighted by molar-refractivity contribution is 7.98. The Bertz CT molecular complexity index is 989. The summed E-state index contributed by atoms with van der Waals surface area (Å²) in [4.78, 5) is 32.7. The number of aromatic nitrogens is 1. The third kappa shape index (κ3) is 6.05.